The number of amides is 2. The van der Waals surface area contributed by atoms with Gasteiger partial charge in [0, 0.05) is 29.9 Å². The molecule has 0 fully saturated rings. The Bertz CT molecular complexity index is 1440. The van der Waals surface area contributed by atoms with Gasteiger partial charge in [0.05, 0.1) is 16.3 Å². The van der Waals surface area contributed by atoms with Crippen LogP contribution in [0.1, 0.15) is 32.2 Å². The molecule has 178 valence electrons. The normalized spacial score (nSPS) is 10.8. The number of benzene rings is 2. The van der Waals surface area contributed by atoms with Gasteiger partial charge in [-0.25, -0.2) is 23.1 Å². The van der Waals surface area contributed by atoms with Crippen LogP contribution in [0.5, 0.6) is 0 Å². The molecule has 2 aromatic carbocycles. The number of aromatic amines is 1. The van der Waals surface area contributed by atoms with Gasteiger partial charge in [-0.05, 0) is 31.2 Å². The molecule has 4 aromatic rings. The summed E-state index contributed by atoms with van der Waals surface area (Å²) < 4.78 is 40.4. The predicted octanol–water partition coefficient (Wildman–Crippen LogP) is 4.43. The molecule has 0 radical (unpaired) electrons. The van der Waals surface area contributed by atoms with Crippen molar-refractivity contribution in [3.63, 3.8) is 0 Å². The number of aromatic nitrogens is 4. The number of rotatable bonds is 6. The average Bonchev–Trinajstić information content (AvgIpc) is 3.29. The number of carbonyl (C=O) groups is 2. The summed E-state index contributed by atoms with van der Waals surface area (Å²) in [5.41, 5.74) is 1.26. The molecule has 4 rings (SSSR count). The van der Waals surface area contributed by atoms with Crippen LogP contribution in [0, 0.1) is 24.4 Å². The molecule has 0 saturated heterocycles. The van der Waals surface area contributed by atoms with E-state index in [2.05, 4.69) is 30.8 Å². The van der Waals surface area contributed by atoms with Gasteiger partial charge in [0.1, 0.15) is 17.3 Å². The predicted molar refractivity (Wildman–Crippen MR) is 121 cm³/mol. The average molecular weight is 501 g/mol. The van der Waals surface area contributed by atoms with Crippen LogP contribution in [0.3, 0.4) is 0 Å². The van der Waals surface area contributed by atoms with Gasteiger partial charge in [0.15, 0.2) is 17.5 Å². The van der Waals surface area contributed by atoms with Crippen LogP contribution >= 0.6 is 11.6 Å². The minimum Gasteiger partial charge on any atom is -0.347 e. The number of carbonyl (C=O) groups excluding carboxylic acids is 2. The highest BCUT2D eigenvalue weighted by molar-refractivity contribution is 6.34. The summed E-state index contributed by atoms with van der Waals surface area (Å²) >= 11 is 5.80. The summed E-state index contributed by atoms with van der Waals surface area (Å²) in [6.07, 6.45) is 1.53. The first kappa shape index (κ1) is 23.9. The lowest BCUT2D eigenvalue weighted by molar-refractivity contribution is 0.0945. The smallest absolute Gasteiger partial charge is 0.269 e. The molecule has 35 heavy (non-hydrogen) atoms. The molecule has 3 N–H and O–H groups in total. The lowest BCUT2D eigenvalue weighted by Gasteiger charge is -2.10. The van der Waals surface area contributed by atoms with E-state index in [0.29, 0.717) is 34.8 Å². The van der Waals surface area contributed by atoms with E-state index in [0.717, 1.165) is 0 Å². The molecule has 0 aliphatic heterocycles. The third kappa shape index (κ3) is 5.46. The first-order valence-electron chi connectivity index (χ1n) is 10.1. The molecule has 0 saturated carbocycles. The molecule has 2 amide bonds. The maximum atomic E-state index is 13.7. The van der Waals surface area contributed by atoms with Gasteiger partial charge in [0.2, 0.25) is 0 Å². The zero-order valence-electron chi connectivity index (χ0n) is 18.0. The van der Waals surface area contributed by atoms with Crippen molar-refractivity contribution < 1.29 is 22.8 Å². The van der Waals surface area contributed by atoms with Crippen LogP contribution in [0.15, 0.2) is 48.7 Å². The van der Waals surface area contributed by atoms with Gasteiger partial charge in [-0.2, -0.15) is 5.10 Å². The molecular weight excluding hydrogens is 485 g/mol. The molecule has 0 aliphatic rings. The van der Waals surface area contributed by atoms with E-state index < -0.39 is 29.3 Å². The van der Waals surface area contributed by atoms with Crippen LogP contribution in [-0.2, 0) is 6.54 Å². The van der Waals surface area contributed by atoms with Crippen LogP contribution in [0.25, 0.3) is 11.3 Å². The highest BCUT2D eigenvalue weighted by atomic mass is 35.5. The van der Waals surface area contributed by atoms with Crippen molar-refractivity contribution in [1.29, 1.82) is 0 Å². The number of anilines is 1. The maximum Gasteiger partial charge on any atom is 0.269 e. The van der Waals surface area contributed by atoms with Crippen molar-refractivity contribution in [3.8, 4) is 11.3 Å². The maximum absolute atomic E-state index is 13.7. The van der Waals surface area contributed by atoms with E-state index in [4.69, 9.17) is 11.6 Å². The summed E-state index contributed by atoms with van der Waals surface area (Å²) in [6, 6.07) is 8.48. The van der Waals surface area contributed by atoms with Crippen molar-refractivity contribution >= 4 is 29.2 Å². The molecule has 0 atom stereocenters. The Kier molecular flexibility index (Phi) is 6.78. The second-order valence-electron chi connectivity index (χ2n) is 7.35. The third-order valence-corrected chi connectivity index (χ3v) is 5.15. The Balaban J connectivity index is 1.45. The Morgan fingerprint density at radius 2 is 1.83 bits per heavy atom. The summed E-state index contributed by atoms with van der Waals surface area (Å²) in [7, 11) is 0. The number of hydrogen-bond acceptors (Lipinski definition) is 5. The summed E-state index contributed by atoms with van der Waals surface area (Å²) in [5.74, 6) is -3.82. The second-order valence-corrected chi connectivity index (χ2v) is 7.76. The Hall–Kier alpha value is -4.25. The summed E-state index contributed by atoms with van der Waals surface area (Å²) in [5, 5.41) is 11.0. The van der Waals surface area contributed by atoms with E-state index in [9.17, 15) is 22.8 Å². The van der Waals surface area contributed by atoms with Gasteiger partial charge < -0.3 is 10.6 Å². The van der Waals surface area contributed by atoms with Crippen LogP contribution < -0.4 is 10.6 Å². The minimum absolute atomic E-state index is 0.0111. The number of nitrogens with zero attached hydrogens (tertiary/aromatic N) is 3. The summed E-state index contributed by atoms with van der Waals surface area (Å²) in [6.45, 7) is 1.72. The largest absolute Gasteiger partial charge is 0.347 e. The van der Waals surface area contributed by atoms with Gasteiger partial charge in [-0.1, -0.05) is 23.7 Å². The van der Waals surface area contributed by atoms with Gasteiger partial charge >= 0.3 is 0 Å². The van der Waals surface area contributed by atoms with Crippen molar-refractivity contribution in [2.45, 2.75) is 13.5 Å². The Morgan fingerprint density at radius 1 is 1.06 bits per heavy atom. The highest BCUT2D eigenvalue weighted by Gasteiger charge is 2.18. The number of hydrogen-bond donors (Lipinski definition) is 3. The Labute approximate surface area is 201 Å². The first-order valence-corrected chi connectivity index (χ1v) is 10.5. The molecule has 0 bridgehead atoms. The lowest BCUT2D eigenvalue weighted by atomic mass is 10.1. The Morgan fingerprint density at radius 3 is 2.60 bits per heavy atom. The highest BCUT2D eigenvalue weighted by Crippen LogP contribution is 2.23. The van der Waals surface area contributed by atoms with Crippen molar-refractivity contribution in [2.75, 3.05) is 5.32 Å². The van der Waals surface area contributed by atoms with Crippen LogP contribution in [0.4, 0.5) is 19.0 Å². The number of H-pyrrole nitrogens is 1. The topological polar surface area (TPSA) is 113 Å². The van der Waals surface area contributed by atoms with Crippen molar-refractivity contribution in [3.05, 3.63) is 93.8 Å². The van der Waals surface area contributed by atoms with E-state index in [1.54, 1.807) is 19.1 Å². The zero-order valence-corrected chi connectivity index (χ0v) is 18.8. The fourth-order valence-corrected chi connectivity index (χ4v) is 3.40. The lowest BCUT2D eigenvalue weighted by Crippen LogP contribution is -2.24. The molecule has 0 spiro atoms. The number of aryl methyl sites for hydroxylation is 1. The van der Waals surface area contributed by atoms with E-state index in [-0.39, 0.29) is 28.6 Å². The minimum atomic E-state index is -1.24. The zero-order chi connectivity index (χ0) is 25.1. The summed E-state index contributed by atoms with van der Waals surface area (Å²) in [4.78, 5) is 33.4. The van der Waals surface area contributed by atoms with Gasteiger partial charge in [-0.15, -0.1) is 0 Å². The molecule has 12 heteroatoms. The van der Waals surface area contributed by atoms with Gasteiger partial charge in [0.25, 0.3) is 11.8 Å². The fourth-order valence-electron chi connectivity index (χ4n) is 3.16. The second kappa shape index (κ2) is 9.94. The molecule has 0 unspecified atom stereocenters. The standard InChI is InChI=1S/C23H16ClF3N6O2/c1-11-28-9-13(21(30-11)12-3-2-4-14(25)5-12)10-29-23(35)19-8-20(33-32-19)31-22(34)15-6-17(26)18(27)7-16(15)24/h2-9H,10H2,1H3,(H,29,35)(H2,31,32,33,34). The fraction of sp³-hybridized carbons (Fsp3) is 0.0870. The third-order valence-electron chi connectivity index (χ3n) is 4.84. The monoisotopic (exact) mass is 500 g/mol. The van der Waals surface area contributed by atoms with E-state index in [1.807, 2.05) is 0 Å². The van der Waals surface area contributed by atoms with Crippen molar-refractivity contribution in [1.82, 2.24) is 25.5 Å². The quantitative estimate of drug-likeness (QED) is 0.339. The molecular formula is C23H16ClF3N6O2. The number of nitrogens with one attached hydrogen (secondary N) is 3. The van der Waals surface area contributed by atoms with Crippen molar-refractivity contribution in [2.24, 2.45) is 0 Å². The van der Waals surface area contributed by atoms with Crippen LogP contribution in [-0.4, -0.2) is 32.0 Å². The van der Waals surface area contributed by atoms with Gasteiger partial charge in [-0.3, -0.25) is 14.7 Å². The SMILES string of the molecule is Cc1ncc(CNC(=O)c2cc(NC(=O)c3cc(F)c(F)cc3Cl)n[nH]2)c(-c2cccc(F)c2)n1. The first-order chi connectivity index (χ1) is 16.7. The molecule has 0 aliphatic carbocycles. The molecule has 2 aromatic heterocycles. The number of halogens is 4. The molecule has 2 heterocycles. The molecule has 8 nitrogen and oxygen atoms in total. The van der Waals surface area contributed by atoms with Crippen LogP contribution in [0.2, 0.25) is 5.02 Å². The van der Waals surface area contributed by atoms with E-state index >= 15 is 0 Å². The van der Waals surface area contributed by atoms with E-state index in [1.165, 1.54) is 24.4 Å².